The second-order valence-electron chi connectivity index (χ2n) is 4.13. The van der Waals surface area contributed by atoms with E-state index >= 15 is 0 Å². The Morgan fingerprint density at radius 1 is 1.60 bits per heavy atom. The fourth-order valence-corrected chi connectivity index (χ4v) is 1.39. The van der Waals surface area contributed by atoms with Crippen LogP contribution in [0, 0.1) is 5.41 Å². The molecular formula is C11H16N2O2. The molecule has 0 aliphatic carbocycles. The standard InChI is InChI=1S/C11H16N2O2/c1-11(2,10(14)15-3)7-9-6-8(12)4-5-13-9/h4-6H,7H2,1-3H3,(H2,12,13). The molecule has 0 spiro atoms. The Morgan fingerprint density at radius 2 is 2.27 bits per heavy atom. The summed E-state index contributed by atoms with van der Waals surface area (Å²) in [5.41, 5.74) is 6.51. The Bertz CT molecular complexity index is 361. The zero-order chi connectivity index (χ0) is 11.5. The predicted molar refractivity (Wildman–Crippen MR) is 58.2 cm³/mol. The van der Waals surface area contributed by atoms with E-state index in [0.29, 0.717) is 12.1 Å². The van der Waals surface area contributed by atoms with Gasteiger partial charge in [-0.3, -0.25) is 9.78 Å². The molecule has 0 atom stereocenters. The third-order valence-corrected chi connectivity index (χ3v) is 2.20. The van der Waals surface area contributed by atoms with Crippen molar-refractivity contribution in [3.63, 3.8) is 0 Å². The summed E-state index contributed by atoms with van der Waals surface area (Å²) in [5.74, 6) is -0.244. The number of methoxy groups -OCH3 is 1. The Kier molecular flexibility index (Phi) is 3.29. The SMILES string of the molecule is COC(=O)C(C)(C)Cc1cc(N)ccn1. The number of pyridine rings is 1. The second-order valence-corrected chi connectivity index (χ2v) is 4.13. The van der Waals surface area contributed by atoms with Gasteiger partial charge in [-0.25, -0.2) is 0 Å². The lowest BCUT2D eigenvalue weighted by Crippen LogP contribution is -2.28. The number of nitrogens with two attached hydrogens (primary N) is 1. The average Bonchev–Trinajstić information content (AvgIpc) is 2.15. The second kappa shape index (κ2) is 4.29. The fourth-order valence-electron chi connectivity index (χ4n) is 1.39. The molecule has 0 aromatic carbocycles. The first-order valence-electron chi connectivity index (χ1n) is 4.74. The van der Waals surface area contributed by atoms with Crippen molar-refractivity contribution in [2.75, 3.05) is 12.8 Å². The van der Waals surface area contributed by atoms with Crippen LogP contribution in [0.5, 0.6) is 0 Å². The van der Waals surface area contributed by atoms with Gasteiger partial charge in [0.2, 0.25) is 0 Å². The molecular weight excluding hydrogens is 192 g/mol. The molecule has 1 aromatic heterocycles. The normalized spacial score (nSPS) is 11.1. The molecule has 0 fully saturated rings. The summed E-state index contributed by atoms with van der Waals surface area (Å²) in [4.78, 5) is 15.6. The van der Waals surface area contributed by atoms with E-state index in [0.717, 1.165) is 5.69 Å². The number of rotatable bonds is 3. The van der Waals surface area contributed by atoms with Gasteiger partial charge in [0, 0.05) is 24.0 Å². The number of aromatic nitrogens is 1. The van der Waals surface area contributed by atoms with E-state index < -0.39 is 5.41 Å². The number of nitrogens with zero attached hydrogens (tertiary/aromatic N) is 1. The topological polar surface area (TPSA) is 65.2 Å². The molecule has 0 unspecified atom stereocenters. The molecule has 0 saturated heterocycles. The van der Waals surface area contributed by atoms with Gasteiger partial charge in [-0.15, -0.1) is 0 Å². The molecule has 1 aromatic rings. The van der Waals surface area contributed by atoms with Crippen molar-refractivity contribution in [1.82, 2.24) is 4.98 Å². The van der Waals surface area contributed by atoms with Crippen LogP contribution >= 0.6 is 0 Å². The van der Waals surface area contributed by atoms with Crippen molar-refractivity contribution in [2.45, 2.75) is 20.3 Å². The fraction of sp³-hybridized carbons (Fsp3) is 0.455. The van der Waals surface area contributed by atoms with E-state index in [1.165, 1.54) is 7.11 Å². The molecule has 0 saturated carbocycles. The molecule has 0 radical (unpaired) electrons. The maximum Gasteiger partial charge on any atom is 0.311 e. The number of carbonyl (C=O) groups excluding carboxylic acids is 1. The molecule has 0 aliphatic rings. The largest absolute Gasteiger partial charge is 0.469 e. The highest BCUT2D eigenvalue weighted by Gasteiger charge is 2.29. The highest BCUT2D eigenvalue weighted by Crippen LogP contribution is 2.22. The lowest BCUT2D eigenvalue weighted by molar-refractivity contribution is -0.150. The number of esters is 1. The zero-order valence-electron chi connectivity index (χ0n) is 9.28. The quantitative estimate of drug-likeness (QED) is 0.763. The molecule has 2 N–H and O–H groups in total. The minimum absolute atomic E-state index is 0.244. The van der Waals surface area contributed by atoms with E-state index in [9.17, 15) is 4.79 Å². The van der Waals surface area contributed by atoms with Gasteiger partial charge in [0.05, 0.1) is 12.5 Å². The van der Waals surface area contributed by atoms with Crippen LogP contribution in [-0.2, 0) is 16.0 Å². The van der Waals surface area contributed by atoms with Gasteiger partial charge >= 0.3 is 5.97 Å². The number of hydrogen-bond donors (Lipinski definition) is 1. The van der Waals surface area contributed by atoms with E-state index in [1.807, 2.05) is 13.8 Å². The molecule has 1 heterocycles. The molecule has 82 valence electrons. The van der Waals surface area contributed by atoms with Gasteiger partial charge in [0.25, 0.3) is 0 Å². The third-order valence-electron chi connectivity index (χ3n) is 2.20. The van der Waals surface area contributed by atoms with E-state index in [-0.39, 0.29) is 5.97 Å². The minimum atomic E-state index is -0.574. The summed E-state index contributed by atoms with van der Waals surface area (Å²) < 4.78 is 4.72. The van der Waals surface area contributed by atoms with Crippen molar-refractivity contribution in [3.8, 4) is 0 Å². The average molecular weight is 208 g/mol. The van der Waals surface area contributed by atoms with E-state index in [2.05, 4.69) is 4.98 Å². The Balaban J connectivity index is 2.81. The molecule has 4 heteroatoms. The van der Waals surface area contributed by atoms with Gasteiger partial charge in [0.1, 0.15) is 0 Å². The van der Waals surface area contributed by atoms with Crippen LogP contribution in [0.3, 0.4) is 0 Å². The van der Waals surface area contributed by atoms with Crippen LogP contribution in [0.2, 0.25) is 0 Å². The summed E-state index contributed by atoms with van der Waals surface area (Å²) in [6.07, 6.45) is 2.16. The number of carbonyl (C=O) groups is 1. The van der Waals surface area contributed by atoms with E-state index in [1.54, 1.807) is 18.3 Å². The van der Waals surface area contributed by atoms with Gasteiger partial charge in [-0.05, 0) is 26.0 Å². The molecule has 15 heavy (non-hydrogen) atoms. The highest BCUT2D eigenvalue weighted by molar-refractivity contribution is 5.76. The van der Waals surface area contributed by atoms with Crippen molar-refractivity contribution < 1.29 is 9.53 Å². The van der Waals surface area contributed by atoms with Crippen LogP contribution in [0.25, 0.3) is 0 Å². The molecule has 1 rings (SSSR count). The van der Waals surface area contributed by atoms with Crippen molar-refractivity contribution in [2.24, 2.45) is 5.41 Å². The van der Waals surface area contributed by atoms with Crippen molar-refractivity contribution in [1.29, 1.82) is 0 Å². The first kappa shape index (κ1) is 11.5. The van der Waals surface area contributed by atoms with Gasteiger partial charge < -0.3 is 10.5 Å². The van der Waals surface area contributed by atoms with Crippen LogP contribution in [0.15, 0.2) is 18.3 Å². The molecule has 0 amide bonds. The lowest BCUT2D eigenvalue weighted by Gasteiger charge is -2.20. The van der Waals surface area contributed by atoms with Gasteiger partial charge in [0.15, 0.2) is 0 Å². The first-order valence-corrected chi connectivity index (χ1v) is 4.74. The predicted octanol–water partition coefficient (Wildman–Crippen LogP) is 1.41. The van der Waals surface area contributed by atoms with E-state index in [4.69, 9.17) is 10.5 Å². The van der Waals surface area contributed by atoms with Crippen LogP contribution in [-0.4, -0.2) is 18.1 Å². The Hall–Kier alpha value is -1.58. The van der Waals surface area contributed by atoms with Crippen LogP contribution in [0.4, 0.5) is 5.69 Å². The summed E-state index contributed by atoms with van der Waals surface area (Å²) in [6, 6.07) is 3.49. The van der Waals surface area contributed by atoms with Crippen molar-refractivity contribution >= 4 is 11.7 Å². The number of nitrogen functional groups attached to an aromatic ring is 1. The molecule has 0 aliphatic heterocycles. The summed E-state index contributed by atoms with van der Waals surface area (Å²) in [7, 11) is 1.39. The van der Waals surface area contributed by atoms with Gasteiger partial charge in [-0.2, -0.15) is 0 Å². The lowest BCUT2D eigenvalue weighted by atomic mass is 9.87. The minimum Gasteiger partial charge on any atom is -0.469 e. The summed E-state index contributed by atoms with van der Waals surface area (Å²) >= 11 is 0. The first-order chi connectivity index (χ1) is 6.95. The molecule has 4 nitrogen and oxygen atoms in total. The van der Waals surface area contributed by atoms with Crippen molar-refractivity contribution in [3.05, 3.63) is 24.0 Å². The zero-order valence-corrected chi connectivity index (χ0v) is 9.28. The maximum atomic E-state index is 11.4. The Morgan fingerprint density at radius 3 is 2.80 bits per heavy atom. The Labute approximate surface area is 89.5 Å². The number of anilines is 1. The maximum absolute atomic E-state index is 11.4. The monoisotopic (exact) mass is 208 g/mol. The third kappa shape index (κ3) is 2.94. The van der Waals surface area contributed by atoms with Gasteiger partial charge in [-0.1, -0.05) is 0 Å². The molecule has 0 bridgehead atoms. The summed E-state index contributed by atoms with van der Waals surface area (Å²) in [6.45, 7) is 3.65. The number of ether oxygens (including phenoxy) is 1. The number of hydrogen-bond acceptors (Lipinski definition) is 4. The van der Waals surface area contributed by atoms with Crippen LogP contribution < -0.4 is 5.73 Å². The summed E-state index contributed by atoms with van der Waals surface area (Å²) in [5, 5.41) is 0. The highest BCUT2D eigenvalue weighted by atomic mass is 16.5. The smallest absolute Gasteiger partial charge is 0.311 e. The van der Waals surface area contributed by atoms with Crippen LogP contribution in [0.1, 0.15) is 19.5 Å².